The number of carbonyl (C=O) groups is 2. The van der Waals surface area contributed by atoms with Crippen molar-refractivity contribution in [1.29, 1.82) is 0 Å². The zero-order valence-electron chi connectivity index (χ0n) is 18.1. The first-order valence-electron chi connectivity index (χ1n) is 11.5. The van der Waals surface area contributed by atoms with Gasteiger partial charge in [-0.15, -0.1) is 0 Å². The van der Waals surface area contributed by atoms with Crippen LogP contribution in [0.5, 0.6) is 0 Å². The normalized spacial score (nSPS) is 35.9. The Hall–Kier alpha value is -2.62. The molecule has 0 aromatic heterocycles. The maximum Gasteiger partial charge on any atom is 0.338 e. The maximum atomic E-state index is 12.9. The van der Waals surface area contributed by atoms with Crippen molar-refractivity contribution in [3.63, 3.8) is 0 Å². The Kier molecular flexibility index (Phi) is 5.33. The molecule has 3 fully saturated rings. The van der Waals surface area contributed by atoms with E-state index in [1.54, 1.807) is 24.3 Å². The standard InChI is InChI=1S/C27H30O4/c1-16-13-20-21(14-17(16)2)23-15-22(20)24(30-26(28)18-9-5-3-6-10-18)25(23)31-27(29)19-11-7-4-8-12-19/h3-12,16-17,20-25H,13-15H2,1-2H3. The number of carbonyl (C=O) groups excluding carboxylic acids is 2. The van der Waals surface area contributed by atoms with Crippen LogP contribution in [-0.4, -0.2) is 24.1 Å². The molecule has 8 unspecified atom stereocenters. The molecule has 4 nitrogen and oxygen atoms in total. The Labute approximate surface area is 183 Å². The van der Waals surface area contributed by atoms with Crippen molar-refractivity contribution >= 4 is 11.9 Å². The summed E-state index contributed by atoms with van der Waals surface area (Å²) in [4.78, 5) is 25.8. The highest BCUT2D eigenvalue weighted by molar-refractivity contribution is 5.90. The van der Waals surface area contributed by atoms with Gasteiger partial charge in [0.2, 0.25) is 0 Å². The molecule has 3 aliphatic rings. The lowest BCUT2D eigenvalue weighted by Gasteiger charge is -2.46. The smallest absolute Gasteiger partial charge is 0.338 e. The Morgan fingerprint density at radius 1 is 0.613 bits per heavy atom. The van der Waals surface area contributed by atoms with Gasteiger partial charge in [-0.2, -0.15) is 0 Å². The summed E-state index contributed by atoms with van der Waals surface area (Å²) in [5, 5.41) is 0. The van der Waals surface area contributed by atoms with Gasteiger partial charge in [0.15, 0.2) is 0 Å². The third-order valence-electron chi connectivity index (χ3n) is 8.13. The number of hydrogen-bond acceptors (Lipinski definition) is 4. The van der Waals surface area contributed by atoms with E-state index in [9.17, 15) is 9.59 Å². The molecular weight excluding hydrogens is 388 g/mol. The minimum absolute atomic E-state index is 0.270. The lowest BCUT2D eigenvalue weighted by Crippen LogP contribution is -2.49. The Balaban J connectivity index is 1.40. The molecule has 0 N–H and O–H groups in total. The van der Waals surface area contributed by atoms with Crippen molar-refractivity contribution in [1.82, 2.24) is 0 Å². The number of hydrogen-bond donors (Lipinski definition) is 0. The quantitative estimate of drug-likeness (QED) is 0.625. The molecule has 31 heavy (non-hydrogen) atoms. The molecule has 3 aliphatic carbocycles. The van der Waals surface area contributed by atoms with Gasteiger partial charge in [-0.1, -0.05) is 50.2 Å². The topological polar surface area (TPSA) is 52.6 Å². The highest BCUT2D eigenvalue weighted by Gasteiger charge is 2.62. The minimum Gasteiger partial charge on any atom is -0.455 e. The van der Waals surface area contributed by atoms with Crippen molar-refractivity contribution in [3.05, 3.63) is 71.8 Å². The van der Waals surface area contributed by atoms with E-state index < -0.39 is 0 Å². The van der Waals surface area contributed by atoms with Gasteiger partial charge in [0.25, 0.3) is 0 Å². The van der Waals surface area contributed by atoms with Crippen LogP contribution in [0.3, 0.4) is 0 Å². The summed E-state index contributed by atoms with van der Waals surface area (Å²) >= 11 is 0. The largest absolute Gasteiger partial charge is 0.455 e. The van der Waals surface area contributed by atoms with E-state index in [0.29, 0.717) is 34.8 Å². The fraction of sp³-hybridized carbons (Fsp3) is 0.481. The predicted octanol–water partition coefficient (Wildman–Crippen LogP) is 5.39. The van der Waals surface area contributed by atoms with Gasteiger partial charge in [0.1, 0.15) is 12.2 Å². The number of rotatable bonds is 4. The van der Waals surface area contributed by atoms with Gasteiger partial charge in [0, 0.05) is 11.8 Å². The molecule has 5 rings (SSSR count). The van der Waals surface area contributed by atoms with Crippen molar-refractivity contribution < 1.29 is 19.1 Å². The van der Waals surface area contributed by atoms with Crippen molar-refractivity contribution in [2.45, 2.75) is 45.3 Å². The minimum atomic E-state index is -0.368. The van der Waals surface area contributed by atoms with Crippen LogP contribution >= 0.6 is 0 Å². The van der Waals surface area contributed by atoms with Crippen molar-refractivity contribution in [2.75, 3.05) is 0 Å². The SMILES string of the molecule is CC1CC2C(CC1C)C1CC2C(OC(=O)c2ccccc2)C1OC(=O)c1ccccc1. The average Bonchev–Trinajstić information content (AvgIpc) is 3.31. The molecule has 162 valence electrons. The summed E-state index contributed by atoms with van der Waals surface area (Å²) in [6, 6.07) is 18.2. The molecule has 0 amide bonds. The lowest BCUT2D eigenvalue weighted by atomic mass is 9.63. The average molecular weight is 419 g/mol. The second-order valence-corrected chi connectivity index (χ2v) is 9.79. The molecule has 0 aliphatic heterocycles. The van der Waals surface area contributed by atoms with Gasteiger partial charge < -0.3 is 9.47 Å². The van der Waals surface area contributed by atoms with Crippen LogP contribution in [-0.2, 0) is 9.47 Å². The third kappa shape index (κ3) is 3.66. The van der Waals surface area contributed by atoms with E-state index in [1.807, 2.05) is 36.4 Å². The third-order valence-corrected chi connectivity index (χ3v) is 8.13. The summed E-state index contributed by atoms with van der Waals surface area (Å²) < 4.78 is 12.2. The molecular formula is C27H30O4. The van der Waals surface area contributed by atoms with Gasteiger partial charge >= 0.3 is 11.9 Å². The molecule has 2 aromatic carbocycles. The Bertz CT molecular complexity index is 863. The molecule has 0 spiro atoms. The van der Waals surface area contributed by atoms with Gasteiger partial charge in [-0.3, -0.25) is 0 Å². The van der Waals surface area contributed by atoms with Crippen LogP contribution in [0.15, 0.2) is 60.7 Å². The van der Waals surface area contributed by atoms with Gasteiger partial charge in [-0.25, -0.2) is 9.59 Å². The summed E-state index contributed by atoms with van der Waals surface area (Å²) in [6.07, 6.45) is 2.59. The van der Waals surface area contributed by atoms with Gasteiger partial charge in [-0.05, 0) is 67.2 Å². The fourth-order valence-electron chi connectivity index (χ4n) is 6.40. The molecule has 2 bridgehead atoms. The Morgan fingerprint density at radius 3 is 1.39 bits per heavy atom. The Morgan fingerprint density at radius 2 is 1.00 bits per heavy atom. The monoisotopic (exact) mass is 418 g/mol. The molecule has 2 aromatic rings. The van der Waals surface area contributed by atoms with E-state index in [4.69, 9.17) is 9.47 Å². The highest BCUT2D eigenvalue weighted by Crippen LogP contribution is 2.60. The summed E-state index contributed by atoms with van der Waals surface area (Å²) in [5.74, 6) is 2.35. The van der Waals surface area contributed by atoms with E-state index in [0.717, 1.165) is 6.42 Å². The van der Waals surface area contributed by atoms with E-state index in [1.165, 1.54) is 12.8 Å². The van der Waals surface area contributed by atoms with Crippen LogP contribution in [0, 0.1) is 35.5 Å². The van der Waals surface area contributed by atoms with Crippen LogP contribution in [0.1, 0.15) is 53.8 Å². The van der Waals surface area contributed by atoms with Crippen LogP contribution in [0.4, 0.5) is 0 Å². The van der Waals surface area contributed by atoms with Crippen LogP contribution < -0.4 is 0 Å². The van der Waals surface area contributed by atoms with Gasteiger partial charge in [0.05, 0.1) is 11.1 Å². The number of esters is 2. The number of ether oxygens (including phenoxy) is 2. The second-order valence-electron chi connectivity index (χ2n) is 9.79. The highest BCUT2D eigenvalue weighted by atomic mass is 16.6. The first kappa shape index (κ1) is 20.3. The van der Waals surface area contributed by atoms with Crippen molar-refractivity contribution in [2.24, 2.45) is 35.5 Å². The van der Waals surface area contributed by atoms with E-state index in [2.05, 4.69) is 13.8 Å². The maximum absolute atomic E-state index is 12.9. The first-order valence-corrected chi connectivity index (χ1v) is 11.5. The van der Waals surface area contributed by atoms with E-state index >= 15 is 0 Å². The molecule has 4 heteroatoms. The van der Waals surface area contributed by atoms with Crippen LogP contribution in [0.2, 0.25) is 0 Å². The summed E-state index contributed by atoms with van der Waals surface area (Å²) in [6.45, 7) is 4.68. The molecule has 0 radical (unpaired) electrons. The van der Waals surface area contributed by atoms with E-state index in [-0.39, 0.29) is 36.0 Å². The predicted molar refractivity (Wildman–Crippen MR) is 117 cm³/mol. The molecule has 8 atom stereocenters. The fourth-order valence-corrected chi connectivity index (χ4v) is 6.40. The summed E-state index contributed by atoms with van der Waals surface area (Å²) in [5.41, 5.74) is 1.08. The molecule has 3 saturated carbocycles. The van der Waals surface area contributed by atoms with Crippen molar-refractivity contribution in [3.8, 4) is 0 Å². The molecule has 0 saturated heterocycles. The number of fused-ring (bicyclic) bond motifs is 5. The zero-order valence-corrected chi connectivity index (χ0v) is 18.1. The first-order chi connectivity index (χ1) is 15.0. The molecule has 0 heterocycles. The summed E-state index contributed by atoms with van der Waals surface area (Å²) in [7, 11) is 0. The second kappa shape index (κ2) is 8.14. The number of benzene rings is 2. The zero-order chi connectivity index (χ0) is 21.5. The van der Waals surface area contributed by atoms with Crippen LogP contribution in [0.25, 0.3) is 0 Å². The lowest BCUT2D eigenvalue weighted by molar-refractivity contribution is -0.0951.